The number of benzene rings is 1. The highest BCUT2D eigenvalue weighted by Crippen LogP contribution is 2.32. The maximum absolute atomic E-state index is 12.3. The van der Waals surface area contributed by atoms with Gasteiger partial charge in [-0.05, 0) is 24.6 Å². The minimum absolute atomic E-state index is 0.0197. The predicted molar refractivity (Wildman–Crippen MR) is 84.9 cm³/mol. The summed E-state index contributed by atoms with van der Waals surface area (Å²) >= 11 is 0. The minimum Gasteiger partial charge on any atom is -0.504 e. The van der Waals surface area contributed by atoms with Crippen LogP contribution in [0.4, 0.5) is 5.69 Å². The maximum atomic E-state index is 12.3. The number of fused-ring (bicyclic) bond motifs is 1. The second kappa shape index (κ2) is 6.52. The standard InChI is InChI=1S/C16H22N2O3/c1-3-4-5-6-9-21-15-14(19)12-8-7-11(17)10-13(12)18(2)16(15)20/h7-8,10,19H,3-6,9,17H2,1-2H3. The average Bonchev–Trinajstić information content (AvgIpc) is 2.47. The van der Waals surface area contributed by atoms with Gasteiger partial charge in [-0.15, -0.1) is 0 Å². The number of aromatic nitrogens is 1. The van der Waals surface area contributed by atoms with E-state index in [4.69, 9.17) is 10.5 Å². The Labute approximate surface area is 124 Å². The van der Waals surface area contributed by atoms with E-state index in [-0.39, 0.29) is 17.1 Å². The molecule has 21 heavy (non-hydrogen) atoms. The van der Waals surface area contributed by atoms with Crippen molar-refractivity contribution in [3.8, 4) is 11.5 Å². The van der Waals surface area contributed by atoms with Crippen molar-refractivity contribution in [2.45, 2.75) is 32.6 Å². The van der Waals surface area contributed by atoms with Crippen molar-refractivity contribution in [3.63, 3.8) is 0 Å². The second-order valence-electron chi connectivity index (χ2n) is 5.23. The number of rotatable bonds is 6. The molecule has 0 bridgehead atoms. The van der Waals surface area contributed by atoms with Gasteiger partial charge >= 0.3 is 0 Å². The number of nitrogens with two attached hydrogens (primary N) is 1. The topological polar surface area (TPSA) is 77.5 Å². The van der Waals surface area contributed by atoms with Crippen LogP contribution in [0.15, 0.2) is 23.0 Å². The Morgan fingerprint density at radius 3 is 2.76 bits per heavy atom. The van der Waals surface area contributed by atoms with Gasteiger partial charge in [0.25, 0.3) is 5.56 Å². The van der Waals surface area contributed by atoms with Crippen LogP contribution in [0.2, 0.25) is 0 Å². The summed E-state index contributed by atoms with van der Waals surface area (Å²) in [5.41, 5.74) is 6.52. The first-order valence-corrected chi connectivity index (χ1v) is 7.30. The van der Waals surface area contributed by atoms with Crippen molar-refractivity contribution in [1.82, 2.24) is 4.57 Å². The van der Waals surface area contributed by atoms with E-state index in [9.17, 15) is 9.90 Å². The van der Waals surface area contributed by atoms with E-state index in [2.05, 4.69) is 6.92 Å². The molecule has 0 atom stereocenters. The van der Waals surface area contributed by atoms with Gasteiger partial charge in [-0.25, -0.2) is 0 Å². The summed E-state index contributed by atoms with van der Waals surface area (Å²) in [5.74, 6) is -0.0881. The quantitative estimate of drug-likeness (QED) is 0.633. The molecule has 2 aromatic rings. The molecule has 114 valence electrons. The van der Waals surface area contributed by atoms with Crippen LogP contribution in [0.3, 0.4) is 0 Å². The molecule has 0 amide bonds. The number of nitrogen functional groups attached to an aromatic ring is 1. The van der Waals surface area contributed by atoms with Crippen LogP contribution < -0.4 is 16.0 Å². The van der Waals surface area contributed by atoms with Crippen molar-refractivity contribution >= 4 is 16.6 Å². The van der Waals surface area contributed by atoms with Gasteiger partial charge in [-0.2, -0.15) is 0 Å². The first kappa shape index (κ1) is 15.2. The molecular weight excluding hydrogens is 268 g/mol. The summed E-state index contributed by atoms with van der Waals surface area (Å²) in [7, 11) is 1.65. The Balaban J connectivity index is 2.32. The molecule has 0 saturated carbocycles. The van der Waals surface area contributed by atoms with Crippen molar-refractivity contribution in [2.24, 2.45) is 7.05 Å². The minimum atomic E-state index is -0.346. The van der Waals surface area contributed by atoms with Crippen LogP contribution in [-0.4, -0.2) is 16.3 Å². The number of hydrogen-bond acceptors (Lipinski definition) is 4. The molecule has 0 aliphatic rings. The highest BCUT2D eigenvalue weighted by atomic mass is 16.5. The van der Waals surface area contributed by atoms with Crippen LogP contribution in [-0.2, 0) is 7.05 Å². The number of aryl methyl sites for hydroxylation is 1. The lowest BCUT2D eigenvalue weighted by Gasteiger charge is -2.13. The van der Waals surface area contributed by atoms with Crippen molar-refractivity contribution in [2.75, 3.05) is 12.3 Å². The molecule has 3 N–H and O–H groups in total. The Kier molecular flexibility index (Phi) is 4.73. The Hall–Kier alpha value is -2.17. The van der Waals surface area contributed by atoms with E-state index >= 15 is 0 Å². The number of ether oxygens (including phenoxy) is 1. The third-order valence-corrected chi connectivity index (χ3v) is 3.60. The van der Waals surface area contributed by atoms with Crippen LogP contribution in [0.25, 0.3) is 10.9 Å². The lowest BCUT2D eigenvalue weighted by Crippen LogP contribution is -2.20. The molecule has 0 aliphatic heterocycles. The summed E-state index contributed by atoms with van der Waals surface area (Å²) in [4.78, 5) is 12.3. The van der Waals surface area contributed by atoms with E-state index < -0.39 is 0 Å². The van der Waals surface area contributed by atoms with Crippen LogP contribution in [0, 0.1) is 0 Å². The molecule has 1 aromatic heterocycles. The summed E-state index contributed by atoms with van der Waals surface area (Å²) in [6.45, 7) is 2.57. The number of anilines is 1. The molecule has 2 rings (SSSR count). The van der Waals surface area contributed by atoms with Gasteiger partial charge in [-0.3, -0.25) is 4.79 Å². The van der Waals surface area contributed by atoms with Crippen LogP contribution in [0.5, 0.6) is 11.5 Å². The number of unbranched alkanes of at least 4 members (excludes halogenated alkanes) is 3. The Morgan fingerprint density at radius 2 is 2.05 bits per heavy atom. The molecule has 0 aliphatic carbocycles. The normalized spacial score (nSPS) is 11.0. The third-order valence-electron chi connectivity index (χ3n) is 3.60. The summed E-state index contributed by atoms with van der Waals surface area (Å²) in [5, 5.41) is 10.8. The fraction of sp³-hybridized carbons (Fsp3) is 0.438. The molecule has 1 heterocycles. The van der Waals surface area contributed by atoms with E-state index in [1.54, 1.807) is 25.2 Å². The fourth-order valence-corrected chi connectivity index (χ4v) is 2.34. The first-order chi connectivity index (χ1) is 10.1. The lowest BCUT2D eigenvalue weighted by molar-refractivity contribution is 0.285. The van der Waals surface area contributed by atoms with Crippen molar-refractivity contribution < 1.29 is 9.84 Å². The van der Waals surface area contributed by atoms with Crippen LogP contribution >= 0.6 is 0 Å². The highest BCUT2D eigenvalue weighted by Gasteiger charge is 2.15. The molecule has 0 spiro atoms. The maximum Gasteiger partial charge on any atom is 0.297 e. The zero-order valence-corrected chi connectivity index (χ0v) is 12.6. The smallest absolute Gasteiger partial charge is 0.297 e. The number of hydrogen-bond donors (Lipinski definition) is 2. The Bertz CT molecular complexity index is 692. The van der Waals surface area contributed by atoms with Gasteiger partial charge < -0.3 is 20.1 Å². The largest absolute Gasteiger partial charge is 0.504 e. The molecule has 1 aromatic carbocycles. The van der Waals surface area contributed by atoms with Gasteiger partial charge in [0.05, 0.1) is 12.1 Å². The van der Waals surface area contributed by atoms with Crippen molar-refractivity contribution in [1.29, 1.82) is 0 Å². The van der Waals surface area contributed by atoms with E-state index in [0.717, 1.165) is 25.7 Å². The SMILES string of the molecule is CCCCCCOc1c(O)c2ccc(N)cc2n(C)c1=O. The molecule has 0 saturated heterocycles. The van der Waals surface area contributed by atoms with Crippen molar-refractivity contribution in [3.05, 3.63) is 28.6 Å². The van der Waals surface area contributed by atoms with Gasteiger partial charge in [0.15, 0.2) is 5.75 Å². The summed E-state index contributed by atoms with van der Waals surface area (Å²) < 4.78 is 6.97. The second-order valence-corrected chi connectivity index (χ2v) is 5.23. The molecular formula is C16H22N2O3. The van der Waals surface area contributed by atoms with E-state index in [1.165, 1.54) is 4.57 Å². The first-order valence-electron chi connectivity index (χ1n) is 7.30. The zero-order valence-electron chi connectivity index (χ0n) is 12.6. The molecule has 0 fully saturated rings. The molecule has 5 nitrogen and oxygen atoms in total. The monoisotopic (exact) mass is 290 g/mol. The lowest BCUT2D eigenvalue weighted by atomic mass is 10.1. The predicted octanol–water partition coefficient (Wildman–Crippen LogP) is 2.79. The molecule has 5 heteroatoms. The van der Waals surface area contributed by atoms with Gasteiger partial charge in [0, 0.05) is 18.1 Å². The Morgan fingerprint density at radius 1 is 1.29 bits per heavy atom. The number of nitrogens with zero attached hydrogens (tertiary/aromatic N) is 1. The van der Waals surface area contributed by atoms with Gasteiger partial charge in [0.2, 0.25) is 5.75 Å². The van der Waals surface area contributed by atoms with E-state index in [1.807, 2.05) is 0 Å². The number of pyridine rings is 1. The van der Waals surface area contributed by atoms with Gasteiger partial charge in [-0.1, -0.05) is 26.2 Å². The molecule has 0 radical (unpaired) electrons. The zero-order chi connectivity index (χ0) is 15.4. The third kappa shape index (κ3) is 3.12. The number of aromatic hydroxyl groups is 1. The van der Waals surface area contributed by atoms with Crippen LogP contribution in [0.1, 0.15) is 32.6 Å². The highest BCUT2D eigenvalue weighted by molar-refractivity contribution is 5.89. The molecule has 0 unspecified atom stereocenters. The van der Waals surface area contributed by atoms with E-state index in [0.29, 0.717) is 23.2 Å². The summed E-state index contributed by atoms with van der Waals surface area (Å²) in [6.07, 6.45) is 4.21. The fourth-order valence-electron chi connectivity index (χ4n) is 2.34. The van der Waals surface area contributed by atoms with Gasteiger partial charge in [0.1, 0.15) is 0 Å². The summed E-state index contributed by atoms with van der Waals surface area (Å²) in [6, 6.07) is 5.06. The average molecular weight is 290 g/mol.